The quantitative estimate of drug-likeness (QED) is 0.222. The summed E-state index contributed by atoms with van der Waals surface area (Å²) in [5.41, 5.74) is 6.91. The summed E-state index contributed by atoms with van der Waals surface area (Å²) in [6.07, 6.45) is 5.95. The van der Waals surface area contributed by atoms with E-state index < -0.39 is 0 Å². The van der Waals surface area contributed by atoms with Crippen molar-refractivity contribution in [1.82, 2.24) is 4.98 Å². The number of hydrogen-bond donors (Lipinski definition) is 1. The van der Waals surface area contributed by atoms with Gasteiger partial charge in [0.25, 0.3) is 0 Å². The molecule has 0 saturated carbocycles. The minimum absolute atomic E-state index is 1.03. The van der Waals surface area contributed by atoms with Crippen LogP contribution in [0.1, 0.15) is 5.56 Å². The molecule has 0 aliphatic carbocycles. The van der Waals surface area contributed by atoms with Gasteiger partial charge in [-0.1, -0.05) is 66.7 Å². The maximum Gasteiger partial charge on any atom is 0.0717 e. The number of nitrogens with zero attached hydrogens (tertiary/aromatic N) is 1. The minimum atomic E-state index is 1.03. The van der Waals surface area contributed by atoms with E-state index in [-0.39, 0.29) is 0 Å². The van der Waals surface area contributed by atoms with Gasteiger partial charge in [-0.15, -0.1) is 11.3 Å². The maximum absolute atomic E-state index is 4.55. The number of fused-ring (bicyclic) bond motifs is 10. The van der Waals surface area contributed by atoms with Gasteiger partial charge in [0.15, 0.2) is 0 Å². The average molecular weight is 527 g/mol. The van der Waals surface area contributed by atoms with Crippen molar-refractivity contribution in [2.45, 2.75) is 0 Å². The number of hydrogen-bond acceptors (Lipinski definition) is 2. The summed E-state index contributed by atoms with van der Waals surface area (Å²) < 4.78 is 2.67. The predicted octanol–water partition coefficient (Wildman–Crippen LogP) is 10.6. The smallest absolute Gasteiger partial charge is 0.0717 e. The number of nitrogens with one attached hydrogen (secondary N) is 1. The van der Waals surface area contributed by atoms with E-state index in [2.05, 4.69) is 125 Å². The fourth-order valence-corrected chi connectivity index (χ4v) is 7.70. The van der Waals surface area contributed by atoms with Crippen LogP contribution in [0, 0.1) is 0 Å². The molecule has 0 atom stereocenters. The molecule has 1 N–H and O–H groups in total. The van der Waals surface area contributed by atoms with Crippen molar-refractivity contribution in [2.75, 3.05) is 0 Å². The monoisotopic (exact) mass is 526 g/mol. The summed E-state index contributed by atoms with van der Waals surface area (Å²) >= 11 is 1.91. The largest absolute Gasteiger partial charge is 0.361 e. The fourth-order valence-electron chi connectivity index (χ4n) is 6.41. The number of aromatic nitrogens is 1. The molecular formula is C37H22N2S. The van der Waals surface area contributed by atoms with Crippen LogP contribution in [-0.4, -0.2) is 11.2 Å². The topological polar surface area (TPSA) is 28.1 Å². The second-order valence-corrected chi connectivity index (χ2v) is 11.5. The van der Waals surface area contributed by atoms with Crippen LogP contribution in [0.3, 0.4) is 0 Å². The summed E-state index contributed by atoms with van der Waals surface area (Å²) in [6, 6.07) is 40.1. The van der Waals surface area contributed by atoms with Gasteiger partial charge in [0, 0.05) is 49.2 Å². The highest BCUT2D eigenvalue weighted by Gasteiger charge is 2.20. The van der Waals surface area contributed by atoms with Crippen LogP contribution in [0.5, 0.6) is 0 Å². The van der Waals surface area contributed by atoms with Gasteiger partial charge in [-0.05, 0) is 92.2 Å². The third-order valence-corrected chi connectivity index (χ3v) is 9.44. The Morgan fingerprint density at radius 3 is 1.93 bits per heavy atom. The second-order valence-electron chi connectivity index (χ2n) is 10.5. The Labute approximate surface area is 234 Å². The first-order chi connectivity index (χ1) is 19.8. The van der Waals surface area contributed by atoms with Crippen LogP contribution >= 0.6 is 11.3 Å². The van der Waals surface area contributed by atoms with Crippen molar-refractivity contribution in [3.63, 3.8) is 0 Å². The molecular weight excluding hydrogens is 504 g/mol. The number of aliphatic imine (C=N–C) groups is 1. The van der Waals surface area contributed by atoms with E-state index in [1.54, 1.807) is 0 Å². The van der Waals surface area contributed by atoms with Gasteiger partial charge in [0.05, 0.1) is 5.70 Å². The lowest BCUT2D eigenvalue weighted by atomic mass is 9.88. The highest BCUT2D eigenvalue weighted by Crippen LogP contribution is 2.48. The Morgan fingerprint density at radius 2 is 1.20 bits per heavy atom. The van der Waals surface area contributed by atoms with Gasteiger partial charge >= 0.3 is 0 Å². The van der Waals surface area contributed by atoms with Crippen molar-refractivity contribution in [1.29, 1.82) is 0 Å². The number of H-pyrrole nitrogens is 1. The molecule has 8 aromatic rings. The highest BCUT2D eigenvalue weighted by molar-refractivity contribution is 7.27. The molecule has 0 amide bonds. The van der Waals surface area contributed by atoms with Crippen molar-refractivity contribution in [2.24, 2.45) is 4.99 Å². The molecule has 6 aromatic carbocycles. The summed E-state index contributed by atoms with van der Waals surface area (Å²) in [5, 5.41) is 10.5. The molecule has 9 rings (SSSR count). The molecule has 0 unspecified atom stereocenters. The van der Waals surface area contributed by atoms with Crippen LogP contribution in [0.4, 0.5) is 0 Å². The standard InChI is InChI=1S/C37H22N2S/c1-2-10-27-25(8-1)26-9-3-4-11-28(26)35-31(27)21-30(36-29-12-5-6-14-34(29)40-37(35)36)22-18-23(32-13-7-16-38-32)20-24(19-22)33-15-17-39-33/h1-21,38H. The number of aromatic amines is 1. The molecule has 0 saturated heterocycles. The molecule has 2 aromatic heterocycles. The van der Waals surface area contributed by atoms with Gasteiger partial charge < -0.3 is 4.98 Å². The Morgan fingerprint density at radius 1 is 0.550 bits per heavy atom. The molecule has 0 spiro atoms. The summed E-state index contributed by atoms with van der Waals surface area (Å²) in [4.78, 5) is 7.97. The fraction of sp³-hybridized carbons (Fsp3) is 0. The lowest BCUT2D eigenvalue weighted by Gasteiger charge is -2.16. The van der Waals surface area contributed by atoms with Crippen molar-refractivity contribution < 1.29 is 0 Å². The Hall–Kier alpha value is -4.99. The molecule has 3 heterocycles. The minimum Gasteiger partial charge on any atom is -0.361 e. The van der Waals surface area contributed by atoms with Crippen LogP contribution in [0.25, 0.3) is 80.6 Å². The molecule has 186 valence electrons. The van der Waals surface area contributed by atoms with Crippen LogP contribution in [-0.2, 0) is 0 Å². The first-order valence-corrected chi connectivity index (χ1v) is 14.4. The molecule has 1 aliphatic rings. The lowest BCUT2D eigenvalue weighted by molar-refractivity contribution is 1.39. The molecule has 3 heteroatoms. The molecule has 0 radical (unpaired) electrons. The third kappa shape index (κ3) is 3.07. The van der Waals surface area contributed by atoms with E-state index in [1.807, 2.05) is 23.7 Å². The van der Waals surface area contributed by atoms with E-state index in [4.69, 9.17) is 0 Å². The Bertz CT molecular complexity index is 2370. The molecule has 2 nitrogen and oxygen atoms in total. The Kier molecular flexibility index (Phi) is 4.52. The average Bonchev–Trinajstić information content (AvgIpc) is 3.65. The van der Waals surface area contributed by atoms with Gasteiger partial charge in [0.1, 0.15) is 0 Å². The van der Waals surface area contributed by atoms with Crippen LogP contribution in [0.15, 0.2) is 126 Å². The first kappa shape index (κ1) is 21.9. The van der Waals surface area contributed by atoms with Gasteiger partial charge in [-0.3, -0.25) is 4.99 Å². The van der Waals surface area contributed by atoms with Crippen molar-refractivity contribution >= 4 is 75.7 Å². The van der Waals surface area contributed by atoms with Gasteiger partial charge in [-0.25, -0.2) is 0 Å². The SMILES string of the molecule is C1=NC(c2cc(-c3ccc[nH]3)cc(-c3cc4c5ccccc5c5ccccc5c4c4sc5ccccc5c34)c2)=C1. The summed E-state index contributed by atoms with van der Waals surface area (Å²) in [7, 11) is 0. The second kappa shape index (κ2) is 8.25. The van der Waals surface area contributed by atoms with Crippen LogP contribution < -0.4 is 0 Å². The summed E-state index contributed by atoms with van der Waals surface area (Å²) in [6.45, 7) is 0. The number of allylic oxidation sites excluding steroid dienone is 1. The number of thiophene rings is 1. The Balaban J connectivity index is 1.50. The van der Waals surface area contributed by atoms with Gasteiger partial charge in [0.2, 0.25) is 0 Å². The predicted molar refractivity (Wildman–Crippen MR) is 174 cm³/mol. The highest BCUT2D eigenvalue weighted by atomic mass is 32.1. The van der Waals surface area contributed by atoms with E-state index in [9.17, 15) is 0 Å². The number of benzene rings is 6. The maximum atomic E-state index is 4.55. The van der Waals surface area contributed by atoms with Crippen LogP contribution in [0.2, 0.25) is 0 Å². The van der Waals surface area contributed by atoms with E-state index >= 15 is 0 Å². The first-order valence-electron chi connectivity index (χ1n) is 13.5. The zero-order valence-electron chi connectivity index (χ0n) is 21.5. The van der Waals surface area contributed by atoms with Crippen molar-refractivity contribution in [3.05, 3.63) is 127 Å². The third-order valence-electron chi connectivity index (χ3n) is 8.25. The van der Waals surface area contributed by atoms with E-state index in [1.165, 1.54) is 63.6 Å². The van der Waals surface area contributed by atoms with E-state index in [0.717, 1.165) is 22.5 Å². The van der Waals surface area contributed by atoms with E-state index in [0.29, 0.717) is 0 Å². The lowest BCUT2D eigenvalue weighted by Crippen LogP contribution is -1.93. The normalized spacial score (nSPS) is 13.1. The molecule has 0 fully saturated rings. The molecule has 0 bridgehead atoms. The zero-order chi connectivity index (χ0) is 26.2. The number of rotatable bonds is 3. The molecule has 40 heavy (non-hydrogen) atoms. The van der Waals surface area contributed by atoms with Gasteiger partial charge in [-0.2, -0.15) is 0 Å². The molecule has 1 aliphatic heterocycles. The van der Waals surface area contributed by atoms with Crippen molar-refractivity contribution in [3.8, 4) is 22.4 Å². The summed E-state index contributed by atoms with van der Waals surface area (Å²) in [5.74, 6) is 0. The zero-order valence-corrected chi connectivity index (χ0v) is 22.3.